The average Bonchev–Trinajstić information content (AvgIpc) is 2.71. The number of rotatable bonds is 5. The molecule has 0 atom stereocenters. The van der Waals surface area contributed by atoms with Gasteiger partial charge in [-0.15, -0.1) is 0 Å². The molecule has 2 amide bonds. The molecule has 1 fully saturated rings. The molecule has 1 aliphatic rings. The van der Waals surface area contributed by atoms with Gasteiger partial charge in [0.15, 0.2) is 0 Å². The van der Waals surface area contributed by atoms with E-state index in [4.69, 9.17) is 5.73 Å². The highest BCUT2D eigenvalue weighted by Gasteiger charge is 2.19. The fraction of sp³-hybridized carbons (Fsp3) is 0.909. The molecule has 1 rings (SSSR count). The monoisotopic (exact) mass is 213 g/mol. The summed E-state index contributed by atoms with van der Waals surface area (Å²) < 4.78 is 0. The lowest BCUT2D eigenvalue weighted by Gasteiger charge is -2.23. The Labute approximate surface area is 92.2 Å². The van der Waals surface area contributed by atoms with Crippen molar-refractivity contribution in [2.75, 3.05) is 19.6 Å². The lowest BCUT2D eigenvalue weighted by molar-refractivity contribution is 0.196. The van der Waals surface area contributed by atoms with Gasteiger partial charge in [-0.05, 0) is 32.7 Å². The quantitative estimate of drug-likeness (QED) is 0.723. The van der Waals surface area contributed by atoms with E-state index in [0.717, 1.165) is 32.4 Å². The Bertz CT molecular complexity index is 190. The highest BCUT2D eigenvalue weighted by molar-refractivity contribution is 5.74. The van der Waals surface area contributed by atoms with Crippen molar-refractivity contribution in [1.29, 1.82) is 0 Å². The molecule has 15 heavy (non-hydrogen) atoms. The van der Waals surface area contributed by atoms with Crippen molar-refractivity contribution in [2.45, 2.75) is 45.1 Å². The molecule has 0 aromatic heterocycles. The lowest BCUT2D eigenvalue weighted by Crippen LogP contribution is -2.44. The fourth-order valence-electron chi connectivity index (χ4n) is 2.02. The Morgan fingerprint density at radius 2 is 2.13 bits per heavy atom. The summed E-state index contributed by atoms with van der Waals surface area (Å²) in [6.07, 6.45) is 5.66. The van der Waals surface area contributed by atoms with Crippen LogP contribution in [0, 0.1) is 0 Å². The van der Waals surface area contributed by atoms with Gasteiger partial charge < -0.3 is 16.0 Å². The van der Waals surface area contributed by atoms with Crippen LogP contribution in [0.1, 0.15) is 39.0 Å². The summed E-state index contributed by atoms with van der Waals surface area (Å²) in [5.74, 6) is 0. The number of hydrogen-bond acceptors (Lipinski definition) is 2. The molecule has 1 saturated carbocycles. The minimum atomic E-state index is 0.0813. The summed E-state index contributed by atoms with van der Waals surface area (Å²) in [7, 11) is 0. The largest absolute Gasteiger partial charge is 0.335 e. The Morgan fingerprint density at radius 1 is 1.47 bits per heavy atom. The predicted octanol–water partition coefficient (Wildman–Crippen LogP) is 1.31. The first-order valence-corrected chi connectivity index (χ1v) is 6.03. The van der Waals surface area contributed by atoms with Gasteiger partial charge in [0.25, 0.3) is 0 Å². The van der Waals surface area contributed by atoms with E-state index in [-0.39, 0.29) is 6.03 Å². The second-order valence-corrected chi connectivity index (χ2v) is 4.15. The van der Waals surface area contributed by atoms with Gasteiger partial charge in [0.2, 0.25) is 0 Å². The zero-order valence-corrected chi connectivity index (χ0v) is 9.67. The summed E-state index contributed by atoms with van der Waals surface area (Å²) in [6.45, 7) is 4.18. The molecule has 0 aliphatic heterocycles. The topological polar surface area (TPSA) is 58.4 Å². The van der Waals surface area contributed by atoms with Gasteiger partial charge >= 0.3 is 6.03 Å². The van der Waals surface area contributed by atoms with Crippen molar-refractivity contribution < 1.29 is 4.79 Å². The normalized spacial score (nSPS) is 16.7. The van der Waals surface area contributed by atoms with E-state index >= 15 is 0 Å². The lowest BCUT2D eigenvalue weighted by atomic mass is 10.2. The smallest absolute Gasteiger partial charge is 0.317 e. The Hall–Kier alpha value is -0.770. The van der Waals surface area contributed by atoms with Crippen molar-refractivity contribution in [3.8, 4) is 0 Å². The van der Waals surface area contributed by atoms with Crippen LogP contribution in [0.5, 0.6) is 0 Å². The summed E-state index contributed by atoms with van der Waals surface area (Å²) >= 11 is 0. The molecule has 0 heterocycles. The highest BCUT2D eigenvalue weighted by Crippen LogP contribution is 2.17. The van der Waals surface area contributed by atoms with E-state index in [1.807, 2.05) is 11.8 Å². The molecule has 4 nitrogen and oxygen atoms in total. The van der Waals surface area contributed by atoms with Gasteiger partial charge in [0.1, 0.15) is 0 Å². The zero-order valence-electron chi connectivity index (χ0n) is 9.67. The molecule has 1 aliphatic carbocycles. The summed E-state index contributed by atoms with van der Waals surface area (Å²) in [5, 5.41) is 3.08. The standard InChI is InChI=1S/C11H23N3O/c1-2-14(9-5-8-12)11(15)13-10-6-3-4-7-10/h10H,2-9,12H2,1H3,(H,13,15). The van der Waals surface area contributed by atoms with Gasteiger partial charge in [0, 0.05) is 19.1 Å². The number of carbonyl (C=O) groups is 1. The van der Waals surface area contributed by atoms with Crippen molar-refractivity contribution in [3.63, 3.8) is 0 Å². The van der Waals surface area contributed by atoms with Crippen molar-refractivity contribution in [2.24, 2.45) is 5.73 Å². The number of amides is 2. The van der Waals surface area contributed by atoms with Gasteiger partial charge in [0.05, 0.1) is 0 Å². The molecule has 0 spiro atoms. The number of carbonyl (C=O) groups excluding carboxylic acids is 1. The van der Waals surface area contributed by atoms with E-state index in [2.05, 4.69) is 5.32 Å². The molecule has 0 unspecified atom stereocenters. The van der Waals surface area contributed by atoms with E-state index in [1.54, 1.807) is 0 Å². The third-order valence-electron chi connectivity index (χ3n) is 2.98. The average molecular weight is 213 g/mol. The van der Waals surface area contributed by atoms with Crippen LogP contribution in [-0.4, -0.2) is 36.6 Å². The van der Waals surface area contributed by atoms with Crippen LogP contribution in [0.25, 0.3) is 0 Å². The zero-order chi connectivity index (χ0) is 11.1. The van der Waals surface area contributed by atoms with Gasteiger partial charge in [-0.25, -0.2) is 4.79 Å². The molecule has 0 bridgehead atoms. The van der Waals surface area contributed by atoms with E-state index in [1.165, 1.54) is 12.8 Å². The number of hydrogen-bond donors (Lipinski definition) is 2. The first kappa shape index (κ1) is 12.3. The molecule has 3 N–H and O–H groups in total. The van der Waals surface area contributed by atoms with Crippen LogP contribution >= 0.6 is 0 Å². The highest BCUT2D eigenvalue weighted by atomic mass is 16.2. The van der Waals surface area contributed by atoms with Crippen LogP contribution in [0.4, 0.5) is 4.79 Å². The van der Waals surface area contributed by atoms with Crippen molar-refractivity contribution in [3.05, 3.63) is 0 Å². The third-order valence-corrected chi connectivity index (χ3v) is 2.98. The number of urea groups is 1. The minimum absolute atomic E-state index is 0.0813. The van der Waals surface area contributed by atoms with Gasteiger partial charge in [-0.3, -0.25) is 0 Å². The van der Waals surface area contributed by atoms with E-state index < -0.39 is 0 Å². The van der Waals surface area contributed by atoms with E-state index in [9.17, 15) is 4.79 Å². The van der Waals surface area contributed by atoms with Crippen LogP contribution < -0.4 is 11.1 Å². The Kier molecular flexibility index (Phi) is 5.47. The first-order chi connectivity index (χ1) is 7.27. The molecule has 88 valence electrons. The van der Waals surface area contributed by atoms with Crippen molar-refractivity contribution >= 4 is 6.03 Å². The maximum absolute atomic E-state index is 11.8. The molecule has 0 saturated heterocycles. The predicted molar refractivity (Wildman–Crippen MR) is 61.7 cm³/mol. The summed E-state index contributed by atoms with van der Waals surface area (Å²) in [6, 6.07) is 0.488. The number of nitrogens with two attached hydrogens (primary N) is 1. The second-order valence-electron chi connectivity index (χ2n) is 4.15. The molecular formula is C11H23N3O. The summed E-state index contributed by atoms with van der Waals surface area (Å²) in [4.78, 5) is 13.6. The van der Waals surface area contributed by atoms with Crippen LogP contribution in [0.15, 0.2) is 0 Å². The van der Waals surface area contributed by atoms with E-state index in [0.29, 0.717) is 12.6 Å². The summed E-state index contributed by atoms with van der Waals surface area (Å²) in [5.41, 5.74) is 5.44. The first-order valence-electron chi connectivity index (χ1n) is 6.03. The maximum atomic E-state index is 11.8. The molecule has 0 aromatic carbocycles. The molecule has 0 radical (unpaired) electrons. The third kappa shape index (κ3) is 4.08. The number of nitrogens with zero attached hydrogens (tertiary/aromatic N) is 1. The Balaban J connectivity index is 2.28. The SMILES string of the molecule is CCN(CCCN)C(=O)NC1CCCC1. The van der Waals surface area contributed by atoms with Gasteiger partial charge in [-0.2, -0.15) is 0 Å². The second kappa shape index (κ2) is 6.67. The molecule has 0 aromatic rings. The van der Waals surface area contributed by atoms with Crippen LogP contribution in [0.3, 0.4) is 0 Å². The molecule has 4 heteroatoms. The minimum Gasteiger partial charge on any atom is -0.335 e. The van der Waals surface area contributed by atoms with Crippen LogP contribution in [0.2, 0.25) is 0 Å². The van der Waals surface area contributed by atoms with Gasteiger partial charge in [-0.1, -0.05) is 12.8 Å². The molecular weight excluding hydrogens is 190 g/mol. The fourth-order valence-corrected chi connectivity index (χ4v) is 2.02. The Morgan fingerprint density at radius 3 is 2.67 bits per heavy atom. The van der Waals surface area contributed by atoms with Crippen LogP contribution in [-0.2, 0) is 0 Å². The van der Waals surface area contributed by atoms with Crippen molar-refractivity contribution in [1.82, 2.24) is 10.2 Å². The number of nitrogens with one attached hydrogen (secondary N) is 1. The maximum Gasteiger partial charge on any atom is 0.317 e.